The Morgan fingerprint density at radius 2 is 2.12 bits per heavy atom. The molecule has 0 unspecified atom stereocenters. The van der Waals surface area contributed by atoms with E-state index in [1.54, 1.807) is 0 Å². The number of hydrogen-bond acceptors (Lipinski definition) is 1. The first kappa shape index (κ1) is 8.18. The van der Waals surface area contributed by atoms with Crippen molar-refractivity contribution in [2.75, 3.05) is 6.61 Å². The van der Waals surface area contributed by atoms with Crippen molar-refractivity contribution in [2.45, 2.75) is 32.4 Å². The fourth-order valence-corrected chi connectivity index (χ4v) is 0.752. The highest BCUT2D eigenvalue weighted by Gasteiger charge is 1.89. The zero-order valence-electron chi connectivity index (χ0n) is 6.11. The molecular weight excluding hydrogens is 116 g/mol. The lowest BCUT2D eigenvalue weighted by Crippen LogP contribution is -2.03. The summed E-state index contributed by atoms with van der Waals surface area (Å²) in [6.45, 7) is 5.11. The average Bonchev–Trinajstić information content (AvgIpc) is 1.66. The largest absolute Gasteiger partial charge is 0.379 e. The Morgan fingerprint density at radius 1 is 1.50 bits per heavy atom. The molecule has 0 atom stereocenters. The van der Waals surface area contributed by atoms with Crippen molar-refractivity contribution >= 4 is 10.2 Å². The monoisotopic (exact) mass is 132 g/mol. The van der Waals surface area contributed by atoms with E-state index in [0.717, 1.165) is 6.61 Å². The summed E-state index contributed by atoms with van der Waals surface area (Å²) in [7, 11) is 1.32. The van der Waals surface area contributed by atoms with Gasteiger partial charge < -0.3 is 4.74 Å². The molecule has 0 saturated heterocycles. The van der Waals surface area contributed by atoms with Crippen molar-refractivity contribution in [3.05, 3.63) is 0 Å². The standard InChI is InChI=1S/C6H16OSi/c1-6(2)7-4-3-5-8/h6H,3-5H2,1-2,8H3. The first-order chi connectivity index (χ1) is 3.77. The summed E-state index contributed by atoms with van der Waals surface area (Å²) in [4.78, 5) is 0. The molecule has 0 heterocycles. The zero-order chi connectivity index (χ0) is 6.41. The molecule has 0 saturated carbocycles. The third-order valence-electron chi connectivity index (χ3n) is 0.949. The topological polar surface area (TPSA) is 9.23 Å². The van der Waals surface area contributed by atoms with Gasteiger partial charge in [0.25, 0.3) is 0 Å². The van der Waals surface area contributed by atoms with Gasteiger partial charge in [0.2, 0.25) is 0 Å². The fraction of sp³-hybridized carbons (Fsp3) is 1.00. The van der Waals surface area contributed by atoms with Crippen LogP contribution in [0.5, 0.6) is 0 Å². The number of hydrogen-bond donors (Lipinski definition) is 0. The van der Waals surface area contributed by atoms with Crippen LogP contribution in [0.4, 0.5) is 0 Å². The minimum Gasteiger partial charge on any atom is -0.379 e. The van der Waals surface area contributed by atoms with Crippen LogP contribution in [0.25, 0.3) is 0 Å². The Bertz CT molecular complexity index is 45.8. The Balaban J connectivity index is 2.72. The third kappa shape index (κ3) is 6.18. The van der Waals surface area contributed by atoms with Crippen LogP contribution in [0.2, 0.25) is 6.04 Å². The van der Waals surface area contributed by atoms with Gasteiger partial charge in [-0.2, -0.15) is 0 Å². The van der Waals surface area contributed by atoms with Crippen molar-refractivity contribution in [1.29, 1.82) is 0 Å². The van der Waals surface area contributed by atoms with Gasteiger partial charge in [0.15, 0.2) is 0 Å². The molecule has 2 heteroatoms. The Labute approximate surface area is 54.8 Å². The SMILES string of the molecule is CC(C)OCCC[SiH3]. The first-order valence-corrected chi connectivity index (χ1v) is 4.80. The molecule has 0 radical (unpaired) electrons. The molecule has 0 N–H and O–H groups in total. The molecule has 0 fully saturated rings. The Morgan fingerprint density at radius 3 is 2.50 bits per heavy atom. The maximum atomic E-state index is 5.30. The van der Waals surface area contributed by atoms with E-state index in [9.17, 15) is 0 Å². The summed E-state index contributed by atoms with van der Waals surface area (Å²) >= 11 is 0. The Hall–Kier alpha value is 0.177. The minimum absolute atomic E-state index is 0.420. The molecule has 0 aliphatic rings. The fourth-order valence-electron chi connectivity index (χ4n) is 0.463. The summed E-state index contributed by atoms with van der Waals surface area (Å²) in [6.07, 6.45) is 1.67. The molecule has 0 aromatic rings. The van der Waals surface area contributed by atoms with Crippen molar-refractivity contribution in [3.8, 4) is 0 Å². The van der Waals surface area contributed by atoms with E-state index in [-0.39, 0.29) is 0 Å². The molecule has 0 spiro atoms. The molecule has 8 heavy (non-hydrogen) atoms. The number of rotatable bonds is 4. The van der Waals surface area contributed by atoms with Crippen LogP contribution in [0.15, 0.2) is 0 Å². The van der Waals surface area contributed by atoms with Gasteiger partial charge in [0.1, 0.15) is 0 Å². The molecular formula is C6H16OSi. The number of ether oxygens (including phenoxy) is 1. The van der Waals surface area contributed by atoms with Crippen molar-refractivity contribution in [2.24, 2.45) is 0 Å². The molecule has 0 aliphatic heterocycles. The molecule has 0 amide bonds. The van der Waals surface area contributed by atoms with Crippen LogP contribution in [0.3, 0.4) is 0 Å². The molecule has 0 aromatic carbocycles. The Kier molecular flexibility index (Phi) is 5.43. The van der Waals surface area contributed by atoms with Crippen molar-refractivity contribution in [1.82, 2.24) is 0 Å². The molecule has 0 aromatic heterocycles. The maximum Gasteiger partial charge on any atom is 0.0518 e. The quantitative estimate of drug-likeness (QED) is 0.402. The van der Waals surface area contributed by atoms with Gasteiger partial charge in [-0.15, -0.1) is 0 Å². The summed E-state index contributed by atoms with van der Waals surface area (Å²) in [6, 6.07) is 1.37. The predicted molar refractivity (Wildman–Crippen MR) is 40.5 cm³/mol. The van der Waals surface area contributed by atoms with Gasteiger partial charge in [-0.3, -0.25) is 0 Å². The van der Waals surface area contributed by atoms with E-state index in [2.05, 4.69) is 13.8 Å². The van der Waals surface area contributed by atoms with E-state index in [4.69, 9.17) is 4.74 Å². The van der Waals surface area contributed by atoms with Crippen LogP contribution in [-0.4, -0.2) is 23.0 Å². The molecule has 0 aliphatic carbocycles. The van der Waals surface area contributed by atoms with Gasteiger partial charge in [0.05, 0.1) is 6.10 Å². The highest BCUT2D eigenvalue weighted by atomic mass is 28.1. The van der Waals surface area contributed by atoms with Crippen LogP contribution in [-0.2, 0) is 4.74 Å². The molecule has 0 bridgehead atoms. The zero-order valence-corrected chi connectivity index (χ0v) is 8.11. The highest BCUT2D eigenvalue weighted by Crippen LogP contribution is 1.91. The lowest BCUT2D eigenvalue weighted by molar-refractivity contribution is 0.0795. The second-order valence-corrected chi connectivity index (χ2v) is 3.27. The smallest absolute Gasteiger partial charge is 0.0518 e. The lowest BCUT2D eigenvalue weighted by Gasteiger charge is -2.04. The first-order valence-electron chi connectivity index (χ1n) is 3.39. The van der Waals surface area contributed by atoms with Gasteiger partial charge in [-0.05, 0) is 20.3 Å². The third-order valence-corrected chi connectivity index (χ3v) is 1.66. The summed E-state index contributed by atoms with van der Waals surface area (Å²) < 4.78 is 5.30. The second kappa shape index (κ2) is 5.32. The summed E-state index contributed by atoms with van der Waals surface area (Å²) in [5.74, 6) is 0. The summed E-state index contributed by atoms with van der Waals surface area (Å²) in [5, 5.41) is 0. The van der Waals surface area contributed by atoms with Crippen LogP contribution in [0, 0.1) is 0 Å². The van der Waals surface area contributed by atoms with Gasteiger partial charge in [-0.1, -0.05) is 6.04 Å². The maximum absolute atomic E-state index is 5.30. The molecule has 0 rings (SSSR count). The van der Waals surface area contributed by atoms with Crippen LogP contribution < -0.4 is 0 Å². The highest BCUT2D eigenvalue weighted by molar-refractivity contribution is 6.08. The van der Waals surface area contributed by atoms with Crippen LogP contribution >= 0.6 is 0 Å². The second-order valence-electron chi connectivity index (χ2n) is 2.27. The molecule has 50 valence electrons. The summed E-state index contributed by atoms with van der Waals surface area (Å²) in [5.41, 5.74) is 0. The lowest BCUT2D eigenvalue weighted by atomic mass is 10.4. The van der Waals surface area contributed by atoms with E-state index >= 15 is 0 Å². The van der Waals surface area contributed by atoms with Gasteiger partial charge >= 0.3 is 0 Å². The normalized spacial score (nSPS) is 10.9. The predicted octanol–water partition coefficient (Wildman–Crippen LogP) is 0.585. The van der Waals surface area contributed by atoms with Crippen LogP contribution in [0.1, 0.15) is 20.3 Å². The minimum atomic E-state index is 0.420. The molecule has 1 nitrogen and oxygen atoms in total. The van der Waals surface area contributed by atoms with E-state index in [1.807, 2.05) is 0 Å². The van der Waals surface area contributed by atoms with E-state index < -0.39 is 0 Å². The van der Waals surface area contributed by atoms with E-state index in [1.165, 1.54) is 22.7 Å². The van der Waals surface area contributed by atoms with Crippen molar-refractivity contribution < 1.29 is 4.74 Å². The van der Waals surface area contributed by atoms with Gasteiger partial charge in [-0.25, -0.2) is 0 Å². The average molecular weight is 132 g/mol. The van der Waals surface area contributed by atoms with Crippen molar-refractivity contribution in [3.63, 3.8) is 0 Å². The van der Waals surface area contributed by atoms with Gasteiger partial charge in [0, 0.05) is 16.8 Å². The van der Waals surface area contributed by atoms with E-state index in [0.29, 0.717) is 6.10 Å².